The Bertz CT molecular complexity index is 1060. The predicted octanol–water partition coefficient (Wildman–Crippen LogP) is 5.06. The van der Waals surface area contributed by atoms with Crippen LogP contribution in [0.25, 0.3) is 11.1 Å². The van der Waals surface area contributed by atoms with Crippen molar-refractivity contribution in [1.82, 2.24) is 10.3 Å². The maximum absolute atomic E-state index is 12.6. The second-order valence-electron chi connectivity index (χ2n) is 8.05. The number of aldehydes is 1. The Balaban J connectivity index is 1.68. The van der Waals surface area contributed by atoms with Gasteiger partial charge in [-0.1, -0.05) is 54.6 Å². The van der Waals surface area contributed by atoms with Crippen molar-refractivity contribution in [2.75, 3.05) is 11.9 Å². The Morgan fingerprint density at radius 3 is 2.50 bits per heavy atom. The lowest BCUT2D eigenvalue weighted by Gasteiger charge is -2.35. The largest absolute Gasteiger partial charge is 0.356 e. The van der Waals surface area contributed by atoms with Crippen molar-refractivity contribution in [3.63, 3.8) is 0 Å². The highest BCUT2D eigenvalue weighted by Gasteiger charge is 2.47. The van der Waals surface area contributed by atoms with Crippen molar-refractivity contribution in [1.29, 1.82) is 0 Å². The molecule has 152 valence electrons. The number of anilines is 1. The van der Waals surface area contributed by atoms with Crippen molar-refractivity contribution in [2.45, 2.75) is 25.3 Å². The Morgan fingerprint density at radius 2 is 1.87 bits per heavy atom. The summed E-state index contributed by atoms with van der Waals surface area (Å²) in [5.74, 6) is 0.921. The van der Waals surface area contributed by atoms with E-state index in [1.54, 1.807) is 12.4 Å². The molecule has 1 aliphatic carbocycles. The highest BCUT2D eigenvalue weighted by atomic mass is 16.1. The second kappa shape index (κ2) is 8.15. The molecule has 1 heterocycles. The molecule has 3 aromatic rings. The molecule has 2 aromatic carbocycles. The van der Waals surface area contributed by atoms with Crippen LogP contribution in [0.1, 0.15) is 24.0 Å². The molecule has 1 aliphatic rings. The maximum atomic E-state index is 12.6. The molecule has 4 heteroatoms. The van der Waals surface area contributed by atoms with Gasteiger partial charge in [-0.15, -0.1) is 0 Å². The summed E-state index contributed by atoms with van der Waals surface area (Å²) in [6.45, 7) is 6.31. The van der Waals surface area contributed by atoms with Crippen LogP contribution in [0.2, 0.25) is 0 Å². The molecular formula is C26H27N3O. The number of carbonyl (C=O) groups is 1. The van der Waals surface area contributed by atoms with Gasteiger partial charge in [-0.25, -0.2) is 0 Å². The molecule has 1 atom stereocenters. The first kappa shape index (κ1) is 19.9. The number of rotatable bonds is 8. The molecule has 0 aliphatic heterocycles. The van der Waals surface area contributed by atoms with Gasteiger partial charge in [0.05, 0.1) is 17.7 Å². The van der Waals surface area contributed by atoms with E-state index in [2.05, 4.69) is 60.2 Å². The maximum Gasteiger partial charge on any atom is 0.150 e. The molecule has 0 spiro atoms. The highest BCUT2D eigenvalue weighted by molar-refractivity contribution is 5.73. The van der Waals surface area contributed by atoms with Crippen LogP contribution in [-0.2, 0) is 10.3 Å². The summed E-state index contributed by atoms with van der Waals surface area (Å²) in [5, 5.41) is 3.48. The molecule has 1 saturated carbocycles. The zero-order valence-electron chi connectivity index (χ0n) is 17.5. The minimum atomic E-state index is -0.798. The Hall–Kier alpha value is -3.40. The molecule has 0 amide bonds. The Kier molecular flexibility index (Phi) is 5.40. The Labute approximate surface area is 178 Å². The lowest BCUT2D eigenvalue weighted by molar-refractivity contribution is -0.114. The number of aryl methyl sites for hydroxylation is 1. The molecule has 4 rings (SSSR count). The number of carbonyl (C=O) groups excluding carboxylic acids is 1. The monoisotopic (exact) mass is 397 g/mol. The third-order valence-corrected chi connectivity index (χ3v) is 5.89. The molecule has 1 unspecified atom stereocenters. The first-order valence-corrected chi connectivity index (χ1v) is 10.3. The van der Waals surface area contributed by atoms with Gasteiger partial charge < -0.3 is 15.0 Å². The van der Waals surface area contributed by atoms with Crippen LogP contribution in [0.4, 0.5) is 5.69 Å². The third-order valence-electron chi connectivity index (χ3n) is 5.89. The van der Waals surface area contributed by atoms with E-state index >= 15 is 0 Å². The van der Waals surface area contributed by atoms with Crippen molar-refractivity contribution < 1.29 is 4.79 Å². The minimum absolute atomic E-state index is 0.252. The zero-order valence-corrected chi connectivity index (χ0v) is 17.5. The molecule has 0 bridgehead atoms. The van der Waals surface area contributed by atoms with E-state index in [1.165, 1.54) is 5.56 Å². The summed E-state index contributed by atoms with van der Waals surface area (Å²) in [6, 6.07) is 20.6. The van der Waals surface area contributed by atoms with E-state index in [1.807, 2.05) is 36.2 Å². The van der Waals surface area contributed by atoms with E-state index < -0.39 is 5.54 Å². The SMILES string of the molecule is C=C(NC(C=O)(c1cccc(-c2cccc(C)c2)c1)C1CC1)N(C)c1cccnc1. The molecule has 1 aromatic heterocycles. The van der Waals surface area contributed by atoms with E-state index in [0.29, 0.717) is 5.82 Å². The molecule has 1 N–H and O–H groups in total. The molecule has 1 fully saturated rings. The fourth-order valence-electron chi connectivity index (χ4n) is 3.95. The quantitative estimate of drug-likeness (QED) is 0.540. The highest BCUT2D eigenvalue weighted by Crippen LogP contribution is 2.46. The van der Waals surface area contributed by atoms with E-state index in [9.17, 15) is 4.79 Å². The van der Waals surface area contributed by atoms with E-state index in [-0.39, 0.29) is 5.92 Å². The molecule has 30 heavy (non-hydrogen) atoms. The van der Waals surface area contributed by atoms with Crippen LogP contribution in [0, 0.1) is 12.8 Å². The number of hydrogen-bond acceptors (Lipinski definition) is 4. The fourth-order valence-corrected chi connectivity index (χ4v) is 3.95. The van der Waals surface area contributed by atoms with Crippen LogP contribution >= 0.6 is 0 Å². The molecular weight excluding hydrogens is 370 g/mol. The smallest absolute Gasteiger partial charge is 0.150 e. The first-order chi connectivity index (χ1) is 14.5. The number of pyridine rings is 1. The summed E-state index contributed by atoms with van der Waals surface area (Å²) in [7, 11) is 1.93. The summed E-state index contributed by atoms with van der Waals surface area (Å²) < 4.78 is 0. The summed E-state index contributed by atoms with van der Waals surface area (Å²) in [6.07, 6.45) is 6.62. The van der Waals surface area contributed by atoms with Gasteiger partial charge in [0.15, 0.2) is 0 Å². The van der Waals surface area contributed by atoms with Gasteiger partial charge in [0.2, 0.25) is 0 Å². The summed E-state index contributed by atoms with van der Waals surface area (Å²) >= 11 is 0. The standard InChI is InChI=1S/C26H27N3O/c1-19-7-4-8-21(15-19)22-9-5-10-24(16-22)26(18-30,23-12-13-23)28-20(2)29(3)25-11-6-14-27-17-25/h4-11,14-18,23,28H,2,12-13H2,1,3H3. The van der Waals surface area contributed by atoms with Crippen molar-refractivity contribution in [3.8, 4) is 11.1 Å². The number of nitrogens with one attached hydrogen (secondary N) is 1. The summed E-state index contributed by atoms with van der Waals surface area (Å²) in [4.78, 5) is 18.7. The third kappa shape index (κ3) is 3.86. The normalized spacial score (nSPS) is 15.1. The van der Waals surface area contributed by atoms with E-state index in [0.717, 1.165) is 41.5 Å². The first-order valence-electron chi connectivity index (χ1n) is 10.3. The lowest BCUT2D eigenvalue weighted by atomic mass is 9.84. The number of nitrogens with zero attached hydrogens (tertiary/aromatic N) is 2. The number of benzene rings is 2. The zero-order chi connectivity index (χ0) is 21.1. The summed E-state index contributed by atoms with van der Waals surface area (Å²) in [5.41, 5.74) is 4.56. The van der Waals surface area contributed by atoms with Crippen molar-refractivity contribution in [3.05, 3.63) is 96.6 Å². The fraction of sp³-hybridized carbons (Fsp3) is 0.231. The van der Waals surface area contributed by atoms with Crippen molar-refractivity contribution >= 4 is 12.0 Å². The van der Waals surface area contributed by atoms with Gasteiger partial charge in [0.25, 0.3) is 0 Å². The topological polar surface area (TPSA) is 45.2 Å². The van der Waals surface area contributed by atoms with Gasteiger partial charge in [-0.2, -0.15) is 0 Å². The number of aromatic nitrogens is 1. The van der Waals surface area contributed by atoms with Crippen LogP contribution in [0.3, 0.4) is 0 Å². The van der Waals surface area contributed by atoms with Crippen LogP contribution < -0.4 is 10.2 Å². The van der Waals surface area contributed by atoms with Gasteiger partial charge >= 0.3 is 0 Å². The lowest BCUT2D eigenvalue weighted by Crippen LogP contribution is -2.48. The van der Waals surface area contributed by atoms with Crippen molar-refractivity contribution in [2.24, 2.45) is 5.92 Å². The molecule has 0 saturated heterocycles. The van der Waals surface area contributed by atoms with Crippen LogP contribution in [-0.4, -0.2) is 18.3 Å². The predicted molar refractivity (Wildman–Crippen MR) is 122 cm³/mol. The average molecular weight is 398 g/mol. The van der Waals surface area contributed by atoms with Gasteiger partial charge in [-0.3, -0.25) is 4.98 Å². The van der Waals surface area contributed by atoms with Gasteiger partial charge in [0.1, 0.15) is 11.8 Å². The minimum Gasteiger partial charge on any atom is -0.356 e. The van der Waals surface area contributed by atoms with Gasteiger partial charge in [-0.05, 0) is 60.6 Å². The number of hydrogen-bond donors (Lipinski definition) is 1. The average Bonchev–Trinajstić information content (AvgIpc) is 3.63. The van der Waals surface area contributed by atoms with Crippen LogP contribution in [0.15, 0.2) is 85.5 Å². The van der Waals surface area contributed by atoms with Gasteiger partial charge in [0, 0.05) is 13.2 Å². The molecule has 0 radical (unpaired) electrons. The Morgan fingerprint density at radius 1 is 1.13 bits per heavy atom. The second-order valence-corrected chi connectivity index (χ2v) is 8.05. The van der Waals surface area contributed by atoms with Crippen LogP contribution in [0.5, 0.6) is 0 Å². The molecule has 4 nitrogen and oxygen atoms in total. The van der Waals surface area contributed by atoms with E-state index in [4.69, 9.17) is 0 Å².